The van der Waals surface area contributed by atoms with Crippen LogP contribution in [0.4, 0.5) is 0 Å². The maximum absolute atomic E-state index is 5.76. The van der Waals surface area contributed by atoms with Crippen LogP contribution >= 0.6 is 0 Å². The van der Waals surface area contributed by atoms with E-state index >= 15 is 0 Å². The zero-order valence-electron chi connectivity index (χ0n) is 13.7. The Hall–Kier alpha value is -0.0800. The van der Waals surface area contributed by atoms with Gasteiger partial charge in [0.1, 0.15) is 0 Å². The van der Waals surface area contributed by atoms with Gasteiger partial charge < -0.3 is 10.1 Å². The molecule has 1 saturated carbocycles. The van der Waals surface area contributed by atoms with Gasteiger partial charge in [0, 0.05) is 6.61 Å². The van der Waals surface area contributed by atoms with Crippen LogP contribution in [0.25, 0.3) is 0 Å². The van der Waals surface area contributed by atoms with Gasteiger partial charge in [-0.1, -0.05) is 39.0 Å². The van der Waals surface area contributed by atoms with E-state index in [2.05, 4.69) is 19.3 Å². The highest BCUT2D eigenvalue weighted by atomic mass is 16.5. The molecule has 1 saturated heterocycles. The van der Waals surface area contributed by atoms with Crippen molar-refractivity contribution in [3.63, 3.8) is 0 Å². The lowest BCUT2D eigenvalue weighted by Gasteiger charge is -2.36. The first-order valence-corrected chi connectivity index (χ1v) is 9.09. The van der Waals surface area contributed by atoms with Crippen molar-refractivity contribution >= 4 is 0 Å². The Labute approximate surface area is 126 Å². The predicted molar refractivity (Wildman–Crippen MR) is 86.0 cm³/mol. The van der Waals surface area contributed by atoms with Crippen LogP contribution < -0.4 is 5.32 Å². The van der Waals surface area contributed by atoms with Crippen LogP contribution in [-0.2, 0) is 4.74 Å². The zero-order valence-corrected chi connectivity index (χ0v) is 13.7. The summed E-state index contributed by atoms with van der Waals surface area (Å²) in [5.74, 6) is 2.91. The third-order valence-electron chi connectivity index (χ3n) is 5.54. The molecule has 4 unspecified atom stereocenters. The molecule has 2 aliphatic rings. The fourth-order valence-corrected chi connectivity index (χ4v) is 4.46. The highest BCUT2D eigenvalue weighted by Crippen LogP contribution is 2.38. The molecule has 0 bridgehead atoms. The quantitative estimate of drug-likeness (QED) is 0.712. The Balaban J connectivity index is 1.73. The molecule has 0 spiro atoms. The molecular formula is C18H35NO. The molecule has 0 radical (unpaired) electrons. The average molecular weight is 281 g/mol. The van der Waals surface area contributed by atoms with Gasteiger partial charge in [0.25, 0.3) is 0 Å². The molecule has 1 aliphatic heterocycles. The van der Waals surface area contributed by atoms with Crippen molar-refractivity contribution in [1.82, 2.24) is 5.32 Å². The number of nitrogens with one attached hydrogen (secondary N) is 1. The highest BCUT2D eigenvalue weighted by Gasteiger charge is 2.29. The lowest BCUT2D eigenvalue weighted by atomic mass is 9.71. The number of rotatable bonds is 8. The molecule has 0 aromatic carbocycles. The summed E-state index contributed by atoms with van der Waals surface area (Å²) in [5, 5.41) is 3.42. The van der Waals surface area contributed by atoms with Gasteiger partial charge in [0.15, 0.2) is 0 Å². The van der Waals surface area contributed by atoms with Gasteiger partial charge in [-0.05, 0) is 63.5 Å². The van der Waals surface area contributed by atoms with Gasteiger partial charge in [0.2, 0.25) is 0 Å². The molecule has 1 N–H and O–H groups in total. The Morgan fingerprint density at radius 2 is 1.95 bits per heavy atom. The fraction of sp³-hybridized carbons (Fsp3) is 1.00. The number of ether oxygens (including phenoxy) is 1. The first-order chi connectivity index (χ1) is 9.83. The standard InChI is InChI=1S/C18H35NO/c1-3-6-15-10-11-17(14-19-2)16(13-15)7-4-8-18-9-5-12-20-18/h15-19H,3-14H2,1-2H3. The SMILES string of the molecule is CCCC1CCC(CNC)C(CCCC2CCCO2)C1. The molecule has 2 nitrogen and oxygen atoms in total. The molecule has 0 aromatic rings. The summed E-state index contributed by atoms with van der Waals surface area (Å²) in [6.07, 6.45) is 14.6. The molecule has 1 heterocycles. The maximum atomic E-state index is 5.76. The maximum Gasteiger partial charge on any atom is 0.0576 e. The summed E-state index contributed by atoms with van der Waals surface area (Å²) in [7, 11) is 2.11. The van der Waals surface area contributed by atoms with Crippen LogP contribution in [0.5, 0.6) is 0 Å². The molecule has 2 fully saturated rings. The minimum Gasteiger partial charge on any atom is -0.378 e. The Kier molecular flexibility index (Phi) is 7.37. The van der Waals surface area contributed by atoms with Gasteiger partial charge >= 0.3 is 0 Å². The lowest BCUT2D eigenvalue weighted by Crippen LogP contribution is -2.32. The van der Waals surface area contributed by atoms with Crippen molar-refractivity contribution < 1.29 is 4.74 Å². The Morgan fingerprint density at radius 3 is 2.65 bits per heavy atom. The molecular weight excluding hydrogens is 246 g/mol. The second-order valence-electron chi connectivity index (χ2n) is 7.11. The normalized spacial score (nSPS) is 34.5. The molecule has 20 heavy (non-hydrogen) atoms. The van der Waals surface area contributed by atoms with Crippen LogP contribution in [0.15, 0.2) is 0 Å². The fourth-order valence-electron chi connectivity index (χ4n) is 4.46. The monoisotopic (exact) mass is 281 g/mol. The molecule has 0 aromatic heterocycles. The predicted octanol–water partition coefficient (Wildman–Crippen LogP) is 4.39. The zero-order chi connectivity index (χ0) is 14.2. The van der Waals surface area contributed by atoms with E-state index in [1.807, 2.05) is 0 Å². The van der Waals surface area contributed by atoms with E-state index in [-0.39, 0.29) is 0 Å². The number of hydrogen-bond donors (Lipinski definition) is 1. The smallest absolute Gasteiger partial charge is 0.0576 e. The van der Waals surface area contributed by atoms with Gasteiger partial charge in [-0.3, -0.25) is 0 Å². The van der Waals surface area contributed by atoms with Gasteiger partial charge in [-0.2, -0.15) is 0 Å². The van der Waals surface area contributed by atoms with Crippen molar-refractivity contribution in [1.29, 1.82) is 0 Å². The minimum atomic E-state index is 0.591. The second kappa shape index (κ2) is 9.04. The van der Waals surface area contributed by atoms with Crippen LogP contribution in [0.2, 0.25) is 0 Å². The van der Waals surface area contributed by atoms with Crippen molar-refractivity contribution in [3.05, 3.63) is 0 Å². The highest BCUT2D eigenvalue weighted by molar-refractivity contribution is 4.81. The van der Waals surface area contributed by atoms with E-state index in [9.17, 15) is 0 Å². The summed E-state index contributed by atoms with van der Waals surface area (Å²) >= 11 is 0. The van der Waals surface area contributed by atoms with E-state index in [0.29, 0.717) is 6.10 Å². The van der Waals surface area contributed by atoms with Crippen LogP contribution in [0.3, 0.4) is 0 Å². The van der Waals surface area contributed by atoms with Crippen LogP contribution in [0, 0.1) is 17.8 Å². The molecule has 118 valence electrons. The second-order valence-corrected chi connectivity index (χ2v) is 7.11. The Morgan fingerprint density at radius 1 is 1.05 bits per heavy atom. The number of hydrogen-bond acceptors (Lipinski definition) is 2. The topological polar surface area (TPSA) is 21.3 Å². The molecule has 2 rings (SSSR count). The summed E-state index contributed by atoms with van der Waals surface area (Å²) in [6, 6.07) is 0. The summed E-state index contributed by atoms with van der Waals surface area (Å²) < 4.78 is 5.76. The first kappa shape index (κ1) is 16.3. The van der Waals surface area contributed by atoms with Crippen LogP contribution in [-0.4, -0.2) is 26.3 Å². The average Bonchev–Trinajstić information content (AvgIpc) is 2.95. The summed E-state index contributed by atoms with van der Waals surface area (Å²) in [4.78, 5) is 0. The van der Waals surface area contributed by atoms with Crippen LogP contribution in [0.1, 0.15) is 71.1 Å². The van der Waals surface area contributed by atoms with E-state index < -0.39 is 0 Å². The summed E-state index contributed by atoms with van der Waals surface area (Å²) in [6.45, 7) is 4.57. The largest absolute Gasteiger partial charge is 0.378 e. The third kappa shape index (κ3) is 5.04. The third-order valence-corrected chi connectivity index (χ3v) is 5.54. The van der Waals surface area contributed by atoms with Crippen molar-refractivity contribution in [2.75, 3.05) is 20.2 Å². The minimum absolute atomic E-state index is 0.591. The van der Waals surface area contributed by atoms with E-state index in [0.717, 1.165) is 24.4 Å². The molecule has 1 aliphatic carbocycles. The first-order valence-electron chi connectivity index (χ1n) is 9.09. The Bertz CT molecular complexity index is 250. The van der Waals surface area contributed by atoms with Crippen molar-refractivity contribution in [2.24, 2.45) is 17.8 Å². The van der Waals surface area contributed by atoms with E-state index in [4.69, 9.17) is 4.74 Å². The summed E-state index contributed by atoms with van der Waals surface area (Å²) in [5.41, 5.74) is 0. The molecule has 2 heteroatoms. The molecule has 0 amide bonds. The van der Waals surface area contributed by atoms with Gasteiger partial charge in [-0.25, -0.2) is 0 Å². The van der Waals surface area contributed by atoms with E-state index in [1.165, 1.54) is 70.8 Å². The van der Waals surface area contributed by atoms with Gasteiger partial charge in [-0.15, -0.1) is 0 Å². The lowest BCUT2D eigenvalue weighted by molar-refractivity contribution is 0.0953. The van der Waals surface area contributed by atoms with Crippen molar-refractivity contribution in [3.8, 4) is 0 Å². The van der Waals surface area contributed by atoms with E-state index in [1.54, 1.807) is 0 Å². The van der Waals surface area contributed by atoms with Gasteiger partial charge in [0.05, 0.1) is 6.10 Å². The van der Waals surface area contributed by atoms with Crippen molar-refractivity contribution in [2.45, 2.75) is 77.2 Å². The molecule has 4 atom stereocenters.